The van der Waals surface area contributed by atoms with E-state index in [0.29, 0.717) is 5.56 Å². The predicted octanol–water partition coefficient (Wildman–Crippen LogP) is 4.63. The van der Waals surface area contributed by atoms with Crippen LogP contribution in [0.3, 0.4) is 0 Å². The van der Waals surface area contributed by atoms with E-state index in [0.717, 1.165) is 25.7 Å². The maximum absolute atomic E-state index is 13.3. The van der Waals surface area contributed by atoms with E-state index < -0.39 is 5.82 Å². The van der Waals surface area contributed by atoms with Crippen molar-refractivity contribution < 1.29 is 9.18 Å². The van der Waals surface area contributed by atoms with E-state index in [-0.39, 0.29) is 16.7 Å². The molecule has 0 amide bonds. The number of carbonyl (C=O) groups excluding carboxylic acids is 1. The van der Waals surface area contributed by atoms with Crippen molar-refractivity contribution in [2.24, 2.45) is 5.92 Å². The topological polar surface area (TPSA) is 17.1 Å². The van der Waals surface area contributed by atoms with Gasteiger partial charge in [0.15, 0.2) is 5.78 Å². The molecule has 2 rings (SSSR count). The second kappa shape index (κ2) is 5.63. The van der Waals surface area contributed by atoms with Crippen LogP contribution in [0.1, 0.15) is 48.9 Å². The summed E-state index contributed by atoms with van der Waals surface area (Å²) >= 11 is 5.85. The number of Topliss-reactive ketones (excluding diaryl/α,β-unsaturated/α-hetero) is 1. The number of benzene rings is 1. The van der Waals surface area contributed by atoms with Gasteiger partial charge in [-0.15, -0.1) is 0 Å². The highest BCUT2D eigenvalue weighted by Gasteiger charge is 2.23. The van der Waals surface area contributed by atoms with Crippen molar-refractivity contribution in [3.8, 4) is 0 Å². The molecule has 0 aromatic heterocycles. The minimum Gasteiger partial charge on any atom is -0.294 e. The molecule has 1 nitrogen and oxygen atoms in total. The van der Waals surface area contributed by atoms with Crippen LogP contribution >= 0.6 is 11.6 Å². The Morgan fingerprint density at radius 3 is 2.47 bits per heavy atom. The smallest absolute Gasteiger partial charge is 0.167 e. The normalized spacial score (nSPS) is 17.8. The molecule has 0 radical (unpaired) electrons. The van der Waals surface area contributed by atoms with E-state index in [9.17, 15) is 9.18 Å². The van der Waals surface area contributed by atoms with Gasteiger partial charge in [0.2, 0.25) is 0 Å². The Morgan fingerprint density at radius 2 is 1.82 bits per heavy atom. The molecule has 0 atom stereocenters. The van der Waals surface area contributed by atoms with Gasteiger partial charge in [-0.1, -0.05) is 43.4 Å². The fourth-order valence-electron chi connectivity index (χ4n) is 2.46. The van der Waals surface area contributed by atoms with Gasteiger partial charge >= 0.3 is 0 Å². The van der Waals surface area contributed by atoms with Crippen LogP contribution in [0.2, 0.25) is 5.02 Å². The number of hydrogen-bond acceptors (Lipinski definition) is 1. The fourth-order valence-corrected chi connectivity index (χ4v) is 2.67. The zero-order valence-electron chi connectivity index (χ0n) is 9.72. The Bertz CT molecular complexity index is 409. The molecule has 0 unspecified atom stereocenters. The Kier molecular flexibility index (Phi) is 4.16. The van der Waals surface area contributed by atoms with Crippen molar-refractivity contribution >= 4 is 17.4 Å². The standard InChI is InChI=1S/C14H16ClFO/c15-13-11(8-5-9-12(13)16)14(17)10-6-3-1-2-4-7-10/h5,8-10H,1-4,6-7H2. The number of halogens is 2. The summed E-state index contributed by atoms with van der Waals surface area (Å²) in [5.74, 6) is -0.473. The summed E-state index contributed by atoms with van der Waals surface area (Å²) in [6.07, 6.45) is 6.38. The SMILES string of the molecule is O=C(c1cccc(F)c1Cl)C1CCCCCC1. The van der Waals surface area contributed by atoms with Gasteiger partial charge in [0.25, 0.3) is 0 Å². The van der Waals surface area contributed by atoms with Crippen molar-refractivity contribution in [3.05, 3.63) is 34.6 Å². The second-order valence-electron chi connectivity index (χ2n) is 4.65. The molecule has 0 heterocycles. The van der Waals surface area contributed by atoms with Gasteiger partial charge in [0.1, 0.15) is 5.82 Å². The molecule has 1 aliphatic carbocycles. The van der Waals surface area contributed by atoms with Gasteiger partial charge in [0.05, 0.1) is 5.02 Å². The number of carbonyl (C=O) groups is 1. The fraction of sp³-hybridized carbons (Fsp3) is 0.500. The number of rotatable bonds is 2. The summed E-state index contributed by atoms with van der Waals surface area (Å²) in [5, 5.41) is -0.0262. The van der Waals surface area contributed by atoms with E-state index in [1.54, 1.807) is 12.1 Å². The predicted molar refractivity (Wildman–Crippen MR) is 66.9 cm³/mol. The molecule has 1 fully saturated rings. The van der Waals surface area contributed by atoms with Crippen LogP contribution in [-0.2, 0) is 0 Å². The Morgan fingerprint density at radius 1 is 1.18 bits per heavy atom. The first-order valence-electron chi connectivity index (χ1n) is 6.18. The zero-order valence-corrected chi connectivity index (χ0v) is 10.5. The van der Waals surface area contributed by atoms with Crippen LogP contribution < -0.4 is 0 Å². The van der Waals surface area contributed by atoms with Crippen LogP contribution in [0.4, 0.5) is 4.39 Å². The third kappa shape index (κ3) is 2.86. The van der Waals surface area contributed by atoms with Crippen molar-refractivity contribution in [3.63, 3.8) is 0 Å². The molecule has 0 N–H and O–H groups in total. The zero-order chi connectivity index (χ0) is 12.3. The van der Waals surface area contributed by atoms with Gasteiger partial charge in [-0.05, 0) is 25.0 Å². The van der Waals surface area contributed by atoms with E-state index in [1.165, 1.54) is 18.9 Å². The minimum atomic E-state index is -0.508. The molecule has 17 heavy (non-hydrogen) atoms. The number of ketones is 1. The lowest BCUT2D eigenvalue weighted by Gasteiger charge is -2.13. The molecule has 92 valence electrons. The summed E-state index contributed by atoms with van der Waals surface area (Å²) in [6, 6.07) is 4.45. The average molecular weight is 255 g/mol. The molecule has 0 aliphatic heterocycles. The first-order valence-corrected chi connectivity index (χ1v) is 6.56. The van der Waals surface area contributed by atoms with E-state index in [4.69, 9.17) is 11.6 Å². The van der Waals surface area contributed by atoms with Gasteiger partial charge < -0.3 is 0 Å². The highest BCUT2D eigenvalue weighted by molar-refractivity contribution is 6.34. The monoisotopic (exact) mass is 254 g/mol. The van der Waals surface area contributed by atoms with E-state index in [2.05, 4.69) is 0 Å². The summed E-state index contributed by atoms with van der Waals surface area (Å²) in [7, 11) is 0. The second-order valence-corrected chi connectivity index (χ2v) is 5.03. The van der Waals surface area contributed by atoms with Gasteiger partial charge in [0, 0.05) is 11.5 Å². The minimum absolute atomic E-state index is 0.0106. The van der Waals surface area contributed by atoms with Gasteiger partial charge in [-0.25, -0.2) is 4.39 Å². The van der Waals surface area contributed by atoms with Crippen molar-refractivity contribution in [2.75, 3.05) is 0 Å². The quantitative estimate of drug-likeness (QED) is 0.555. The largest absolute Gasteiger partial charge is 0.294 e. The van der Waals surface area contributed by atoms with Crippen LogP contribution in [-0.4, -0.2) is 5.78 Å². The molecule has 0 spiro atoms. The van der Waals surface area contributed by atoms with Crippen LogP contribution in [0.15, 0.2) is 18.2 Å². The maximum Gasteiger partial charge on any atom is 0.167 e. The molecule has 3 heteroatoms. The van der Waals surface area contributed by atoms with Crippen LogP contribution in [0.25, 0.3) is 0 Å². The molecular formula is C14H16ClFO. The average Bonchev–Trinajstić information content (AvgIpc) is 2.60. The Labute approximate surface area is 106 Å². The lowest BCUT2D eigenvalue weighted by atomic mass is 9.91. The summed E-state index contributed by atoms with van der Waals surface area (Å²) in [6.45, 7) is 0. The first-order chi connectivity index (χ1) is 8.20. The van der Waals surface area contributed by atoms with Gasteiger partial charge in [-0.3, -0.25) is 4.79 Å². The van der Waals surface area contributed by atoms with Crippen molar-refractivity contribution in [1.29, 1.82) is 0 Å². The van der Waals surface area contributed by atoms with Crippen molar-refractivity contribution in [2.45, 2.75) is 38.5 Å². The third-order valence-electron chi connectivity index (χ3n) is 3.44. The molecule has 1 aliphatic rings. The van der Waals surface area contributed by atoms with Crippen molar-refractivity contribution in [1.82, 2.24) is 0 Å². The summed E-state index contributed by atoms with van der Waals surface area (Å²) in [5.41, 5.74) is 0.346. The van der Waals surface area contributed by atoms with Crippen LogP contribution in [0.5, 0.6) is 0 Å². The molecule has 1 aromatic carbocycles. The molecular weight excluding hydrogens is 239 g/mol. The van der Waals surface area contributed by atoms with E-state index >= 15 is 0 Å². The number of hydrogen-bond donors (Lipinski definition) is 0. The maximum atomic E-state index is 13.3. The first kappa shape index (κ1) is 12.6. The summed E-state index contributed by atoms with van der Waals surface area (Å²) in [4.78, 5) is 12.3. The lowest BCUT2D eigenvalue weighted by molar-refractivity contribution is 0.0907. The highest BCUT2D eigenvalue weighted by atomic mass is 35.5. The molecule has 0 bridgehead atoms. The molecule has 0 saturated heterocycles. The highest BCUT2D eigenvalue weighted by Crippen LogP contribution is 2.29. The summed E-state index contributed by atoms with van der Waals surface area (Å²) < 4.78 is 13.3. The van der Waals surface area contributed by atoms with Gasteiger partial charge in [-0.2, -0.15) is 0 Å². The Balaban J connectivity index is 2.20. The molecule has 1 aromatic rings. The molecule has 1 saturated carbocycles. The third-order valence-corrected chi connectivity index (χ3v) is 3.83. The Hall–Kier alpha value is -0.890. The van der Waals surface area contributed by atoms with E-state index in [1.807, 2.05) is 0 Å². The lowest BCUT2D eigenvalue weighted by Crippen LogP contribution is -2.14. The van der Waals surface area contributed by atoms with Crippen LogP contribution in [0, 0.1) is 11.7 Å².